The Balaban J connectivity index is 2.08. The highest BCUT2D eigenvalue weighted by Gasteiger charge is 2.27. The smallest absolute Gasteiger partial charge is 0.257 e. The topological polar surface area (TPSA) is 86.9 Å². The first-order valence-electron chi connectivity index (χ1n) is 8.80. The van der Waals surface area contributed by atoms with Gasteiger partial charge in [-0.05, 0) is 35.6 Å². The Morgan fingerprint density at radius 2 is 1.92 bits per heavy atom. The Bertz CT molecular complexity index is 907. The van der Waals surface area contributed by atoms with E-state index in [0.717, 1.165) is 11.4 Å². The molecule has 3 heterocycles. The number of carbonyl (C=O) groups excluding carboxylic acids is 2. The van der Waals surface area contributed by atoms with Crippen LogP contribution >= 0.6 is 0 Å². The summed E-state index contributed by atoms with van der Waals surface area (Å²) >= 11 is 0. The molecule has 0 radical (unpaired) electrons. The molecule has 0 bridgehead atoms. The summed E-state index contributed by atoms with van der Waals surface area (Å²) in [5.41, 5.74) is 5.05. The number of fused-ring (bicyclic) bond motifs is 1. The SMILES string of the molecule is CC(=O)Nc1cnc2c(c1)C(=Cc1[nH]c(C(C)C)cc1C(C)C)C(=O)N2. The lowest BCUT2D eigenvalue weighted by Gasteiger charge is -2.06. The van der Waals surface area contributed by atoms with Crippen LogP contribution in [0.4, 0.5) is 11.5 Å². The molecule has 136 valence electrons. The summed E-state index contributed by atoms with van der Waals surface area (Å²) in [5, 5.41) is 5.49. The molecule has 1 aliphatic rings. The maximum absolute atomic E-state index is 12.5. The summed E-state index contributed by atoms with van der Waals surface area (Å²) in [4.78, 5) is 31.5. The summed E-state index contributed by atoms with van der Waals surface area (Å²) in [6, 6.07) is 3.94. The molecule has 1 aliphatic heterocycles. The molecule has 2 aromatic rings. The number of hydrogen-bond donors (Lipinski definition) is 3. The molecule has 3 N–H and O–H groups in total. The molecule has 0 fully saturated rings. The molecule has 2 amide bonds. The van der Waals surface area contributed by atoms with Crippen molar-refractivity contribution >= 4 is 35.0 Å². The first kappa shape index (κ1) is 17.9. The third-order valence-electron chi connectivity index (χ3n) is 4.41. The fourth-order valence-corrected chi connectivity index (χ4v) is 3.04. The minimum Gasteiger partial charge on any atom is -0.358 e. The lowest BCUT2D eigenvalue weighted by Crippen LogP contribution is -2.06. The zero-order valence-corrected chi connectivity index (χ0v) is 15.7. The van der Waals surface area contributed by atoms with Gasteiger partial charge in [0.2, 0.25) is 5.91 Å². The lowest BCUT2D eigenvalue weighted by molar-refractivity contribution is -0.114. The standard InChI is InChI=1S/C20H24N4O2/c1-10(2)14-7-17(11(3)4)23-18(14)8-16-15-6-13(22-12(5)25)9-21-19(15)24-20(16)26/h6-11,23H,1-5H3,(H,22,25)(H,21,24,26). The quantitative estimate of drug-likeness (QED) is 0.724. The van der Waals surface area contributed by atoms with Crippen LogP contribution in [0.15, 0.2) is 18.3 Å². The maximum atomic E-state index is 12.5. The minimum atomic E-state index is -0.192. The van der Waals surface area contributed by atoms with Crippen molar-refractivity contribution in [3.63, 3.8) is 0 Å². The van der Waals surface area contributed by atoms with Crippen LogP contribution in [0.5, 0.6) is 0 Å². The number of aromatic amines is 1. The van der Waals surface area contributed by atoms with E-state index in [-0.39, 0.29) is 11.8 Å². The fraction of sp³-hybridized carbons (Fsp3) is 0.350. The number of H-pyrrole nitrogens is 1. The Labute approximate surface area is 153 Å². The van der Waals surface area contributed by atoms with Crippen LogP contribution in [-0.4, -0.2) is 21.8 Å². The zero-order chi connectivity index (χ0) is 19.0. The molecule has 0 unspecified atom stereocenters. The largest absolute Gasteiger partial charge is 0.358 e. The van der Waals surface area contributed by atoms with Crippen LogP contribution in [0.3, 0.4) is 0 Å². The van der Waals surface area contributed by atoms with E-state index in [1.807, 2.05) is 6.08 Å². The van der Waals surface area contributed by atoms with Gasteiger partial charge >= 0.3 is 0 Å². The summed E-state index contributed by atoms with van der Waals surface area (Å²) in [6.07, 6.45) is 3.41. The molecule has 6 nitrogen and oxygen atoms in total. The highest BCUT2D eigenvalue weighted by atomic mass is 16.2. The highest BCUT2D eigenvalue weighted by molar-refractivity contribution is 6.34. The predicted octanol–water partition coefficient (Wildman–Crippen LogP) is 4.11. The monoisotopic (exact) mass is 352 g/mol. The van der Waals surface area contributed by atoms with E-state index in [1.54, 1.807) is 6.07 Å². The van der Waals surface area contributed by atoms with E-state index in [1.165, 1.54) is 18.7 Å². The third kappa shape index (κ3) is 3.40. The molecule has 0 saturated carbocycles. The normalized spacial score (nSPS) is 14.9. The van der Waals surface area contributed by atoms with Crippen molar-refractivity contribution in [2.24, 2.45) is 0 Å². The lowest BCUT2D eigenvalue weighted by atomic mass is 10.00. The van der Waals surface area contributed by atoms with Crippen LogP contribution in [-0.2, 0) is 9.59 Å². The van der Waals surface area contributed by atoms with Crippen molar-refractivity contribution in [1.82, 2.24) is 9.97 Å². The highest BCUT2D eigenvalue weighted by Crippen LogP contribution is 2.35. The summed E-state index contributed by atoms with van der Waals surface area (Å²) in [7, 11) is 0. The van der Waals surface area contributed by atoms with E-state index in [0.29, 0.717) is 34.5 Å². The predicted molar refractivity (Wildman–Crippen MR) is 104 cm³/mol. The number of nitrogens with one attached hydrogen (secondary N) is 3. The van der Waals surface area contributed by atoms with E-state index in [9.17, 15) is 9.59 Å². The van der Waals surface area contributed by atoms with Gasteiger partial charge in [0, 0.05) is 23.9 Å². The van der Waals surface area contributed by atoms with Gasteiger partial charge in [-0.1, -0.05) is 27.7 Å². The van der Waals surface area contributed by atoms with Crippen LogP contribution in [0, 0.1) is 0 Å². The van der Waals surface area contributed by atoms with Gasteiger partial charge in [0.1, 0.15) is 5.82 Å². The molecule has 2 aromatic heterocycles. The molecule has 0 aromatic carbocycles. The van der Waals surface area contributed by atoms with E-state index in [2.05, 4.69) is 54.4 Å². The van der Waals surface area contributed by atoms with Crippen LogP contribution in [0.25, 0.3) is 11.6 Å². The van der Waals surface area contributed by atoms with Gasteiger partial charge < -0.3 is 15.6 Å². The second-order valence-corrected chi connectivity index (χ2v) is 7.22. The van der Waals surface area contributed by atoms with Crippen LogP contribution in [0.2, 0.25) is 0 Å². The van der Waals surface area contributed by atoms with Gasteiger partial charge in [0.15, 0.2) is 0 Å². The summed E-state index contributed by atoms with van der Waals surface area (Å²) in [5.74, 6) is 0.846. The van der Waals surface area contributed by atoms with Crippen molar-refractivity contribution in [2.45, 2.75) is 46.5 Å². The first-order valence-corrected chi connectivity index (χ1v) is 8.80. The van der Waals surface area contributed by atoms with E-state index >= 15 is 0 Å². The molecular formula is C20H24N4O2. The molecule has 26 heavy (non-hydrogen) atoms. The number of anilines is 2. The number of hydrogen-bond acceptors (Lipinski definition) is 3. The van der Waals surface area contributed by atoms with Crippen molar-refractivity contribution in [3.8, 4) is 0 Å². The number of amides is 2. The number of carbonyl (C=O) groups is 2. The second kappa shape index (κ2) is 6.78. The van der Waals surface area contributed by atoms with Crippen molar-refractivity contribution in [1.29, 1.82) is 0 Å². The van der Waals surface area contributed by atoms with Gasteiger partial charge in [-0.15, -0.1) is 0 Å². The van der Waals surface area contributed by atoms with Crippen LogP contribution < -0.4 is 10.6 Å². The Kier molecular flexibility index (Phi) is 4.68. The Morgan fingerprint density at radius 1 is 1.19 bits per heavy atom. The molecule has 3 rings (SSSR count). The first-order chi connectivity index (χ1) is 12.3. The van der Waals surface area contributed by atoms with Crippen molar-refractivity contribution in [3.05, 3.63) is 40.8 Å². The molecule has 6 heteroatoms. The number of nitrogens with zero attached hydrogens (tertiary/aromatic N) is 1. The van der Waals surface area contributed by atoms with Crippen molar-refractivity contribution < 1.29 is 9.59 Å². The molecule has 0 aliphatic carbocycles. The number of pyridine rings is 1. The molecule has 0 spiro atoms. The van der Waals surface area contributed by atoms with E-state index in [4.69, 9.17) is 0 Å². The third-order valence-corrected chi connectivity index (χ3v) is 4.41. The Morgan fingerprint density at radius 3 is 2.54 bits per heavy atom. The van der Waals surface area contributed by atoms with E-state index < -0.39 is 0 Å². The van der Waals surface area contributed by atoms with Crippen molar-refractivity contribution in [2.75, 3.05) is 10.6 Å². The summed E-state index contributed by atoms with van der Waals surface area (Å²) < 4.78 is 0. The van der Waals surface area contributed by atoms with Crippen LogP contribution in [0.1, 0.15) is 69.0 Å². The number of aromatic nitrogens is 2. The molecule has 0 saturated heterocycles. The second-order valence-electron chi connectivity index (χ2n) is 7.22. The maximum Gasteiger partial charge on any atom is 0.257 e. The number of rotatable bonds is 4. The average Bonchev–Trinajstić information content (AvgIpc) is 3.10. The average molecular weight is 352 g/mol. The molecular weight excluding hydrogens is 328 g/mol. The van der Waals surface area contributed by atoms with Gasteiger partial charge in [-0.2, -0.15) is 0 Å². The van der Waals surface area contributed by atoms with Gasteiger partial charge in [0.05, 0.1) is 17.5 Å². The molecule has 0 atom stereocenters. The van der Waals surface area contributed by atoms with Gasteiger partial charge in [-0.25, -0.2) is 4.98 Å². The Hall–Kier alpha value is -2.89. The summed E-state index contributed by atoms with van der Waals surface area (Å²) in [6.45, 7) is 9.97. The fourth-order valence-electron chi connectivity index (χ4n) is 3.04. The van der Waals surface area contributed by atoms with Gasteiger partial charge in [0.25, 0.3) is 5.91 Å². The zero-order valence-electron chi connectivity index (χ0n) is 15.7. The minimum absolute atomic E-state index is 0.178. The van der Waals surface area contributed by atoms with Gasteiger partial charge in [-0.3, -0.25) is 9.59 Å².